The van der Waals surface area contributed by atoms with E-state index >= 15 is 0 Å². The Morgan fingerprint density at radius 1 is 1.25 bits per heavy atom. The van der Waals surface area contributed by atoms with Crippen LogP contribution in [0.5, 0.6) is 0 Å². The van der Waals surface area contributed by atoms with Gasteiger partial charge in [-0.05, 0) is 40.9 Å². The number of nitrogens with zero attached hydrogens (tertiary/aromatic N) is 2. The number of halogens is 3. The first kappa shape index (κ1) is 13.5. The predicted octanol–water partition coefficient (Wildman–Crippen LogP) is 4.36. The van der Waals surface area contributed by atoms with Crippen LogP contribution >= 0.6 is 22.9 Å². The summed E-state index contributed by atoms with van der Waals surface area (Å²) in [6, 6.07) is 4.58. The Bertz CT molecular complexity index is 737. The summed E-state index contributed by atoms with van der Waals surface area (Å²) in [4.78, 5) is 4.26. The molecule has 6 heteroatoms. The minimum absolute atomic E-state index is 0.166. The van der Waals surface area contributed by atoms with E-state index in [0.29, 0.717) is 17.9 Å². The van der Waals surface area contributed by atoms with E-state index in [1.165, 1.54) is 6.07 Å². The van der Waals surface area contributed by atoms with Crippen LogP contribution in [0.1, 0.15) is 11.4 Å². The Hall–Kier alpha value is -1.46. The van der Waals surface area contributed by atoms with Crippen LogP contribution < -0.4 is 0 Å². The molecule has 0 fully saturated rings. The molecule has 0 aliphatic rings. The van der Waals surface area contributed by atoms with Gasteiger partial charge < -0.3 is 4.57 Å². The van der Waals surface area contributed by atoms with Crippen LogP contribution in [0.25, 0.3) is 11.0 Å². The van der Waals surface area contributed by atoms with E-state index < -0.39 is 11.6 Å². The minimum Gasteiger partial charge on any atom is -0.324 e. The minimum atomic E-state index is -0.865. The van der Waals surface area contributed by atoms with Gasteiger partial charge >= 0.3 is 0 Å². The molecular formula is C14H11ClF2N2S. The summed E-state index contributed by atoms with van der Waals surface area (Å²) in [5.41, 5.74) is 1.79. The second kappa shape index (κ2) is 5.50. The number of hydrogen-bond acceptors (Lipinski definition) is 2. The number of rotatable bonds is 4. The zero-order valence-electron chi connectivity index (χ0n) is 10.4. The number of thiophene rings is 1. The monoisotopic (exact) mass is 312 g/mol. The molecule has 0 radical (unpaired) electrons. The first-order chi connectivity index (χ1) is 9.70. The van der Waals surface area contributed by atoms with Gasteiger partial charge in [0.2, 0.25) is 0 Å². The van der Waals surface area contributed by atoms with Gasteiger partial charge in [-0.15, -0.1) is 11.6 Å². The van der Waals surface area contributed by atoms with E-state index in [1.807, 2.05) is 16.8 Å². The highest BCUT2D eigenvalue weighted by Crippen LogP contribution is 2.23. The van der Waals surface area contributed by atoms with Crippen molar-refractivity contribution in [2.45, 2.75) is 18.8 Å². The third kappa shape index (κ3) is 2.31. The van der Waals surface area contributed by atoms with Gasteiger partial charge in [-0.3, -0.25) is 0 Å². The van der Waals surface area contributed by atoms with Crippen LogP contribution in [0.4, 0.5) is 8.78 Å². The van der Waals surface area contributed by atoms with Crippen LogP contribution in [0, 0.1) is 11.6 Å². The van der Waals surface area contributed by atoms with Crippen molar-refractivity contribution in [1.82, 2.24) is 9.55 Å². The molecule has 0 saturated heterocycles. The fraction of sp³-hybridized carbons (Fsp3) is 0.214. The SMILES string of the molecule is Fc1ccc2nc(CCl)n(CCc3ccsc3)c2c1F. The molecule has 0 atom stereocenters. The lowest BCUT2D eigenvalue weighted by atomic mass is 10.2. The van der Waals surface area contributed by atoms with Gasteiger partial charge in [-0.1, -0.05) is 0 Å². The predicted molar refractivity (Wildman–Crippen MR) is 77.2 cm³/mol. The Morgan fingerprint density at radius 2 is 2.10 bits per heavy atom. The summed E-state index contributed by atoms with van der Waals surface area (Å²) in [7, 11) is 0. The van der Waals surface area contributed by atoms with Crippen molar-refractivity contribution in [2.75, 3.05) is 0 Å². The second-order valence-electron chi connectivity index (χ2n) is 4.42. The van der Waals surface area contributed by atoms with E-state index in [1.54, 1.807) is 15.9 Å². The topological polar surface area (TPSA) is 17.8 Å². The first-order valence-corrected chi connectivity index (χ1v) is 7.58. The van der Waals surface area contributed by atoms with E-state index in [2.05, 4.69) is 4.98 Å². The Morgan fingerprint density at radius 3 is 2.80 bits per heavy atom. The Balaban J connectivity index is 2.05. The summed E-state index contributed by atoms with van der Waals surface area (Å²) >= 11 is 7.47. The lowest BCUT2D eigenvalue weighted by Gasteiger charge is -2.07. The molecule has 0 N–H and O–H groups in total. The number of imidazole rings is 1. The zero-order chi connectivity index (χ0) is 14.1. The molecule has 2 nitrogen and oxygen atoms in total. The molecule has 2 aromatic heterocycles. The molecule has 3 rings (SSSR count). The van der Waals surface area contributed by atoms with Crippen LogP contribution in [0.3, 0.4) is 0 Å². The molecule has 0 saturated carbocycles. The number of benzene rings is 1. The van der Waals surface area contributed by atoms with Crippen molar-refractivity contribution in [3.8, 4) is 0 Å². The summed E-state index contributed by atoms with van der Waals surface area (Å²) in [5.74, 6) is -1.01. The third-order valence-electron chi connectivity index (χ3n) is 3.20. The summed E-state index contributed by atoms with van der Waals surface area (Å²) < 4.78 is 29.1. The van der Waals surface area contributed by atoms with Crippen LogP contribution in [-0.2, 0) is 18.8 Å². The van der Waals surface area contributed by atoms with Gasteiger partial charge in [-0.25, -0.2) is 13.8 Å². The number of fused-ring (bicyclic) bond motifs is 1. The quantitative estimate of drug-likeness (QED) is 0.655. The lowest BCUT2D eigenvalue weighted by molar-refractivity contribution is 0.510. The average Bonchev–Trinajstić information content (AvgIpc) is 3.07. The van der Waals surface area contributed by atoms with Gasteiger partial charge in [0.1, 0.15) is 11.3 Å². The normalized spacial score (nSPS) is 11.3. The molecule has 0 bridgehead atoms. The van der Waals surface area contributed by atoms with Crippen molar-refractivity contribution in [2.24, 2.45) is 0 Å². The molecule has 3 aromatic rings. The molecule has 0 amide bonds. The lowest BCUT2D eigenvalue weighted by Crippen LogP contribution is -2.06. The molecule has 20 heavy (non-hydrogen) atoms. The third-order valence-corrected chi connectivity index (χ3v) is 4.17. The molecule has 1 aromatic carbocycles. The van der Waals surface area contributed by atoms with Gasteiger partial charge in [-0.2, -0.15) is 11.3 Å². The average molecular weight is 313 g/mol. The molecular weight excluding hydrogens is 302 g/mol. The highest BCUT2D eigenvalue weighted by Gasteiger charge is 2.16. The maximum absolute atomic E-state index is 14.0. The maximum Gasteiger partial charge on any atom is 0.184 e. The molecule has 104 valence electrons. The van der Waals surface area contributed by atoms with Gasteiger partial charge in [0.25, 0.3) is 0 Å². The molecule has 2 heterocycles. The summed E-state index contributed by atoms with van der Waals surface area (Å²) in [6.07, 6.45) is 0.731. The highest BCUT2D eigenvalue weighted by molar-refractivity contribution is 7.07. The molecule has 0 unspecified atom stereocenters. The van der Waals surface area contributed by atoms with E-state index in [4.69, 9.17) is 11.6 Å². The molecule has 0 spiro atoms. The standard InChI is InChI=1S/C14H11ClF2N2S/c15-7-12-18-11-2-1-10(16)13(17)14(11)19(12)5-3-9-4-6-20-8-9/h1-2,4,6,8H,3,5,7H2. The van der Waals surface area contributed by atoms with Crippen molar-refractivity contribution >= 4 is 34.0 Å². The van der Waals surface area contributed by atoms with Crippen molar-refractivity contribution < 1.29 is 8.78 Å². The van der Waals surface area contributed by atoms with Crippen LogP contribution in [0.15, 0.2) is 29.0 Å². The van der Waals surface area contributed by atoms with Gasteiger partial charge in [0.05, 0.1) is 11.4 Å². The summed E-state index contributed by atoms with van der Waals surface area (Å²) in [6.45, 7) is 0.523. The number of alkyl halides is 1. The van der Waals surface area contributed by atoms with E-state index in [9.17, 15) is 8.78 Å². The smallest absolute Gasteiger partial charge is 0.184 e. The number of aromatic nitrogens is 2. The second-order valence-corrected chi connectivity index (χ2v) is 5.47. The first-order valence-electron chi connectivity index (χ1n) is 6.11. The van der Waals surface area contributed by atoms with Crippen molar-refractivity contribution in [3.05, 3.63) is 52.0 Å². The number of aryl methyl sites for hydroxylation is 2. The van der Waals surface area contributed by atoms with Crippen molar-refractivity contribution in [3.63, 3.8) is 0 Å². The Kier molecular flexibility index (Phi) is 3.72. The fourth-order valence-electron chi connectivity index (χ4n) is 2.22. The highest BCUT2D eigenvalue weighted by atomic mass is 35.5. The van der Waals surface area contributed by atoms with Crippen LogP contribution in [-0.4, -0.2) is 9.55 Å². The van der Waals surface area contributed by atoms with E-state index in [-0.39, 0.29) is 11.4 Å². The van der Waals surface area contributed by atoms with Gasteiger partial charge in [0.15, 0.2) is 11.6 Å². The fourth-order valence-corrected chi connectivity index (χ4v) is 3.13. The maximum atomic E-state index is 14.0. The largest absolute Gasteiger partial charge is 0.324 e. The van der Waals surface area contributed by atoms with Crippen molar-refractivity contribution in [1.29, 1.82) is 0 Å². The van der Waals surface area contributed by atoms with Crippen LogP contribution in [0.2, 0.25) is 0 Å². The Labute approximate surface area is 123 Å². The molecule has 0 aliphatic carbocycles. The summed E-state index contributed by atoms with van der Waals surface area (Å²) in [5, 5.41) is 4.03. The van der Waals surface area contributed by atoms with Gasteiger partial charge in [0, 0.05) is 6.54 Å². The van der Waals surface area contributed by atoms with E-state index in [0.717, 1.165) is 18.1 Å². The zero-order valence-corrected chi connectivity index (χ0v) is 12.0. The molecule has 0 aliphatic heterocycles. The number of hydrogen-bond donors (Lipinski definition) is 0.